The number of fused-ring (bicyclic) bond motifs is 1. The molecule has 0 spiro atoms. The topological polar surface area (TPSA) is 42.0 Å². The van der Waals surface area contributed by atoms with E-state index in [0.29, 0.717) is 13.2 Å². The van der Waals surface area contributed by atoms with Crippen LogP contribution < -0.4 is 9.47 Å². The highest BCUT2D eigenvalue weighted by Crippen LogP contribution is 2.31. The summed E-state index contributed by atoms with van der Waals surface area (Å²) in [5.74, 6) is 1.81. The monoisotopic (exact) mass is 366 g/mol. The van der Waals surface area contributed by atoms with Gasteiger partial charge in [0, 0.05) is 31.7 Å². The van der Waals surface area contributed by atoms with E-state index in [1.165, 1.54) is 11.1 Å². The molecule has 5 nitrogen and oxygen atoms in total. The maximum absolute atomic E-state index is 12.4. The van der Waals surface area contributed by atoms with E-state index < -0.39 is 0 Å². The lowest BCUT2D eigenvalue weighted by Crippen LogP contribution is -2.27. The van der Waals surface area contributed by atoms with Crippen LogP contribution in [0.5, 0.6) is 11.5 Å². The molecule has 0 unspecified atom stereocenters. The van der Waals surface area contributed by atoms with Crippen molar-refractivity contribution in [1.29, 1.82) is 0 Å². The van der Waals surface area contributed by atoms with Crippen molar-refractivity contribution in [2.45, 2.75) is 25.9 Å². The van der Waals surface area contributed by atoms with Crippen molar-refractivity contribution in [3.63, 3.8) is 0 Å². The smallest absolute Gasteiger partial charge is 0.253 e. The highest BCUT2D eigenvalue weighted by molar-refractivity contribution is 5.94. The van der Waals surface area contributed by atoms with Crippen molar-refractivity contribution in [1.82, 2.24) is 9.80 Å². The van der Waals surface area contributed by atoms with E-state index in [-0.39, 0.29) is 5.91 Å². The summed E-state index contributed by atoms with van der Waals surface area (Å²) in [6.07, 6.45) is 2.24. The van der Waals surface area contributed by atoms with Gasteiger partial charge in [-0.1, -0.05) is 18.2 Å². The predicted octanol–water partition coefficient (Wildman–Crippen LogP) is 3.33. The number of rotatable bonds is 5. The molecule has 0 N–H and O–H groups in total. The minimum atomic E-state index is 0.156. The molecule has 4 rings (SSSR count). The number of hydrogen-bond acceptors (Lipinski definition) is 4. The van der Waals surface area contributed by atoms with E-state index in [2.05, 4.69) is 36.2 Å². The van der Waals surface area contributed by atoms with Gasteiger partial charge in [-0.2, -0.15) is 0 Å². The van der Waals surface area contributed by atoms with Gasteiger partial charge in [-0.05, 0) is 55.3 Å². The second kappa shape index (κ2) is 8.01. The summed E-state index contributed by atoms with van der Waals surface area (Å²) in [4.78, 5) is 16.6. The molecule has 1 saturated heterocycles. The van der Waals surface area contributed by atoms with Crippen LogP contribution in [0.2, 0.25) is 0 Å². The van der Waals surface area contributed by atoms with Crippen LogP contribution in [-0.2, 0) is 13.1 Å². The summed E-state index contributed by atoms with van der Waals surface area (Å²) in [6.45, 7) is 4.65. The Morgan fingerprint density at radius 3 is 2.30 bits per heavy atom. The van der Waals surface area contributed by atoms with Crippen molar-refractivity contribution >= 4 is 5.91 Å². The van der Waals surface area contributed by atoms with Gasteiger partial charge in [-0.25, -0.2) is 0 Å². The summed E-state index contributed by atoms with van der Waals surface area (Å²) >= 11 is 0. The fourth-order valence-electron chi connectivity index (χ4n) is 3.72. The maximum Gasteiger partial charge on any atom is 0.253 e. The molecule has 142 valence electrons. The zero-order valence-electron chi connectivity index (χ0n) is 15.8. The number of benzene rings is 2. The Morgan fingerprint density at radius 2 is 1.56 bits per heavy atom. The largest absolute Gasteiger partial charge is 0.486 e. The third-order valence-electron chi connectivity index (χ3n) is 5.11. The van der Waals surface area contributed by atoms with Gasteiger partial charge in [0.2, 0.25) is 0 Å². The van der Waals surface area contributed by atoms with E-state index in [4.69, 9.17) is 9.47 Å². The molecule has 0 radical (unpaired) electrons. The van der Waals surface area contributed by atoms with E-state index in [1.54, 1.807) is 0 Å². The summed E-state index contributed by atoms with van der Waals surface area (Å²) in [5.41, 5.74) is 3.19. The highest BCUT2D eigenvalue weighted by Gasteiger charge is 2.19. The fraction of sp³-hybridized carbons (Fsp3) is 0.409. The Kier molecular flexibility index (Phi) is 5.30. The second-order valence-corrected chi connectivity index (χ2v) is 7.35. The number of carbonyl (C=O) groups is 1. The van der Waals surface area contributed by atoms with Crippen molar-refractivity contribution in [2.24, 2.45) is 0 Å². The van der Waals surface area contributed by atoms with E-state index in [0.717, 1.165) is 56.1 Å². The minimum absolute atomic E-state index is 0.156. The minimum Gasteiger partial charge on any atom is -0.486 e. The molecule has 0 aliphatic carbocycles. The van der Waals surface area contributed by atoms with Crippen LogP contribution in [0.15, 0.2) is 42.5 Å². The van der Waals surface area contributed by atoms with Gasteiger partial charge in [0.15, 0.2) is 11.5 Å². The second-order valence-electron chi connectivity index (χ2n) is 7.35. The summed E-state index contributed by atoms with van der Waals surface area (Å²) in [5, 5.41) is 0. The molecule has 2 aromatic rings. The van der Waals surface area contributed by atoms with Crippen molar-refractivity contribution in [3.05, 3.63) is 59.2 Å². The quantitative estimate of drug-likeness (QED) is 0.814. The van der Waals surface area contributed by atoms with Gasteiger partial charge in [0.1, 0.15) is 13.2 Å². The molecule has 0 saturated carbocycles. The predicted molar refractivity (Wildman–Crippen MR) is 104 cm³/mol. The van der Waals surface area contributed by atoms with Crippen LogP contribution in [0.3, 0.4) is 0 Å². The van der Waals surface area contributed by atoms with Crippen LogP contribution >= 0.6 is 0 Å². The number of nitrogens with zero attached hydrogens (tertiary/aromatic N) is 2. The lowest BCUT2D eigenvalue weighted by molar-refractivity contribution is 0.0793. The van der Waals surface area contributed by atoms with Crippen LogP contribution in [0.1, 0.15) is 34.3 Å². The molecule has 0 atom stereocenters. The first-order valence-electron chi connectivity index (χ1n) is 9.64. The molecule has 5 heteroatoms. The van der Waals surface area contributed by atoms with Gasteiger partial charge in [-0.15, -0.1) is 0 Å². The molecule has 2 aliphatic rings. The third-order valence-corrected chi connectivity index (χ3v) is 5.11. The summed E-state index contributed by atoms with van der Waals surface area (Å²) in [7, 11) is 2.10. The lowest BCUT2D eigenvalue weighted by atomic mass is 10.1. The highest BCUT2D eigenvalue weighted by atomic mass is 16.6. The molecular weight excluding hydrogens is 340 g/mol. The lowest BCUT2D eigenvalue weighted by Gasteiger charge is -2.21. The Bertz CT molecular complexity index is 798. The summed E-state index contributed by atoms with van der Waals surface area (Å²) < 4.78 is 11.2. The zero-order chi connectivity index (χ0) is 18.6. The van der Waals surface area contributed by atoms with Crippen LogP contribution in [-0.4, -0.2) is 49.1 Å². The Hall–Kier alpha value is -2.53. The van der Waals surface area contributed by atoms with Crippen molar-refractivity contribution in [2.75, 3.05) is 33.4 Å². The first kappa shape index (κ1) is 17.9. The molecule has 2 aromatic carbocycles. The maximum atomic E-state index is 12.4. The molecule has 1 amide bonds. The number of amides is 1. The van der Waals surface area contributed by atoms with Gasteiger partial charge in [0.05, 0.1) is 0 Å². The van der Waals surface area contributed by atoms with Gasteiger partial charge >= 0.3 is 0 Å². The molecule has 27 heavy (non-hydrogen) atoms. The summed E-state index contributed by atoms with van der Waals surface area (Å²) in [6, 6.07) is 14.1. The molecular formula is C22H26N2O3. The number of hydrogen-bond donors (Lipinski definition) is 0. The van der Waals surface area contributed by atoms with Gasteiger partial charge in [-0.3, -0.25) is 9.69 Å². The van der Waals surface area contributed by atoms with Gasteiger partial charge in [0.25, 0.3) is 5.91 Å². The average molecular weight is 366 g/mol. The normalized spacial score (nSPS) is 16.0. The molecule has 0 aromatic heterocycles. The van der Waals surface area contributed by atoms with Crippen molar-refractivity contribution < 1.29 is 14.3 Å². The van der Waals surface area contributed by atoms with E-state index >= 15 is 0 Å². The van der Waals surface area contributed by atoms with Crippen LogP contribution in [0.4, 0.5) is 0 Å². The average Bonchev–Trinajstić information content (AvgIpc) is 3.23. The standard InChI is InChI=1S/C22H26N2O3/c1-23(16-18-6-9-20-21(14-18)27-13-12-26-20)15-17-4-7-19(8-5-17)22(25)24-10-2-3-11-24/h4-9,14H,2-3,10-13,15-16H2,1H3. The fourth-order valence-corrected chi connectivity index (χ4v) is 3.72. The Labute approximate surface area is 160 Å². The molecule has 2 aliphatic heterocycles. The zero-order valence-corrected chi connectivity index (χ0v) is 15.8. The number of carbonyl (C=O) groups excluding carboxylic acids is 1. The van der Waals surface area contributed by atoms with Crippen molar-refractivity contribution in [3.8, 4) is 11.5 Å². The molecule has 1 fully saturated rings. The first-order chi connectivity index (χ1) is 13.2. The Morgan fingerprint density at radius 1 is 0.926 bits per heavy atom. The molecule has 2 heterocycles. The first-order valence-corrected chi connectivity index (χ1v) is 9.64. The van der Waals surface area contributed by atoms with E-state index in [1.807, 2.05) is 23.1 Å². The SMILES string of the molecule is CN(Cc1ccc(C(=O)N2CCCC2)cc1)Cc1ccc2c(c1)OCCO2. The third kappa shape index (κ3) is 4.25. The number of ether oxygens (including phenoxy) is 2. The molecule has 0 bridgehead atoms. The number of likely N-dealkylation sites (tertiary alicyclic amines) is 1. The van der Waals surface area contributed by atoms with Crippen LogP contribution in [0.25, 0.3) is 0 Å². The van der Waals surface area contributed by atoms with E-state index in [9.17, 15) is 4.79 Å². The van der Waals surface area contributed by atoms with Gasteiger partial charge < -0.3 is 14.4 Å². The Balaban J connectivity index is 1.35. The van der Waals surface area contributed by atoms with Crippen LogP contribution in [0, 0.1) is 0 Å².